The van der Waals surface area contributed by atoms with Gasteiger partial charge in [-0.2, -0.15) is 4.31 Å². The molecule has 1 aliphatic heterocycles. The summed E-state index contributed by atoms with van der Waals surface area (Å²) >= 11 is 1.38. The highest BCUT2D eigenvalue weighted by Gasteiger charge is 2.31. The van der Waals surface area contributed by atoms with Crippen LogP contribution in [0.1, 0.15) is 23.1 Å². The fourth-order valence-electron chi connectivity index (χ4n) is 3.19. The van der Waals surface area contributed by atoms with Gasteiger partial charge in [0.2, 0.25) is 0 Å². The molecule has 2 aromatic heterocycles. The van der Waals surface area contributed by atoms with Crippen molar-refractivity contribution < 1.29 is 8.42 Å². The third-order valence-corrected chi connectivity index (χ3v) is 7.97. The van der Waals surface area contributed by atoms with Crippen LogP contribution in [0.25, 0.3) is 10.9 Å². The third-order valence-electron chi connectivity index (χ3n) is 4.43. The van der Waals surface area contributed by atoms with Crippen molar-refractivity contribution in [3.63, 3.8) is 0 Å². The molecule has 0 amide bonds. The second kappa shape index (κ2) is 5.47. The predicted molar refractivity (Wildman–Crippen MR) is 93.3 cm³/mol. The highest BCUT2D eigenvalue weighted by molar-refractivity contribution is 7.91. The Morgan fingerprint density at radius 2 is 2.04 bits per heavy atom. The van der Waals surface area contributed by atoms with E-state index in [-0.39, 0.29) is 0 Å². The van der Waals surface area contributed by atoms with E-state index in [1.807, 2.05) is 31.2 Å². The molecule has 6 heteroatoms. The summed E-state index contributed by atoms with van der Waals surface area (Å²) in [5.41, 5.74) is 3.36. The molecular formula is C17H18N2O2S2. The maximum atomic E-state index is 12.9. The topological polar surface area (TPSA) is 53.2 Å². The second-order valence-electron chi connectivity index (χ2n) is 5.79. The van der Waals surface area contributed by atoms with Gasteiger partial charge in [0.05, 0.1) is 6.54 Å². The number of fused-ring (bicyclic) bond motifs is 3. The normalized spacial score (nSPS) is 15.9. The van der Waals surface area contributed by atoms with Crippen molar-refractivity contribution in [3.05, 3.63) is 52.5 Å². The molecule has 0 atom stereocenters. The lowest BCUT2D eigenvalue weighted by molar-refractivity contribution is 0.389. The second-order valence-corrected chi connectivity index (χ2v) is 9.12. The van der Waals surface area contributed by atoms with E-state index in [0.717, 1.165) is 28.9 Å². The van der Waals surface area contributed by atoms with Crippen molar-refractivity contribution >= 4 is 32.3 Å². The number of benzene rings is 1. The van der Waals surface area contributed by atoms with Crippen LogP contribution in [0.2, 0.25) is 0 Å². The summed E-state index contributed by atoms with van der Waals surface area (Å²) in [7, 11) is -3.40. The Balaban J connectivity index is 1.69. The van der Waals surface area contributed by atoms with Crippen LogP contribution < -0.4 is 0 Å². The minimum atomic E-state index is -3.40. The molecule has 0 saturated carbocycles. The number of hydrogen-bond acceptors (Lipinski definition) is 3. The molecule has 0 saturated heterocycles. The first-order valence-electron chi connectivity index (χ1n) is 7.77. The molecular weight excluding hydrogens is 328 g/mol. The molecule has 0 spiro atoms. The molecule has 1 N–H and O–H groups in total. The largest absolute Gasteiger partial charge is 0.357 e. The molecule has 1 aliphatic rings. The van der Waals surface area contributed by atoms with Crippen LogP contribution >= 0.6 is 11.3 Å². The van der Waals surface area contributed by atoms with Gasteiger partial charge in [-0.3, -0.25) is 0 Å². The van der Waals surface area contributed by atoms with Crippen molar-refractivity contribution in [1.82, 2.24) is 9.29 Å². The fourth-order valence-corrected chi connectivity index (χ4v) is 6.05. The molecule has 4 nitrogen and oxygen atoms in total. The minimum absolute atomic E-state index is 0.422. The Labute approximate surface area is 139 Å². The van der Waals surface area contributed by atoms with Gasteiger partial charge in [0.25, 0.3) is 10.0 Å². The summed E-state index contributed by atoms with van der Waals surface area (Å²) in [5, 5.41) is 1.21. The average molecular weight is 346 g/mol. The number of nitrogens with zero attached hydrogens (tertiary/aromatic N) is 1. The van der Waals surface area contributed by atoms with E-state index in [0.29, 0.717) is 17.3 Å². The number of aromatic nitrogens is 1. The van der Waals surface area contributed by atoms with Crippen LogP contribution in [-0.4, -0.2) is 24.3 Å². The van der Waals surface area contributed by atoms with Crippen molar-refractivity contribution in [3.8, 4) is 0 Å². The van der Waals surface area contributed by atoms with Crippen LogP contribution in [0, 0.1) is 0 Å². The molecule has 0 bridgehead atoms. The zero-order valence-corrected chi connectivity index (χ0v) is 14.5. The van der Waals surface area contributed by atoms with Gasteiger partial charge in [0.15, 0.2) is 0 Å². The number of thiophene rings is 1. The van der Waals surface area contributed by atoms with Crippen LogP contribution in [0.4, 0.5) is 0 Å². The van der Waals surface area contributed by atoms with Gasteiger partial charge in [-0.05, 0) is 36.6 Å². The number of rotatable bonds is 3. The molecule has 0 fully saturated rings. The SMILES string of the molecule is CCc1ccc(S(=O)(=O)N2CCc3c([nH]c4ccccc34)C2)s1. The van der Waals surface area contributed by atoms with Gasteiger partial charge in [-0.25, -0.2) is 8.42 Å². The van der Waals surface area contributed by atoms with E-state index < -0.39 is 10.0 Å². The number of hydrogen-bond donors (Lipinski definition) is 1. The lowest BCUT2D eigenvalue weighted by atomic mass is 10.1. The van der Waals surface area contributed by atoms with E-state index in [9.17, 15) is 8.42 Å². The molecule has 0 aliphatic carbocycles. The highest BCUT2D eigenvalue weighted by atomic mass is 32.2. The molecule has 120 valence electrons. The zero-order chi connectivity index (χ0) is 16.0. The van der Waals surface area contributed by atoms with Gasteiger partial charge in [-0.15, -0.1) is 11.3 Å². The van der Waals surface area contributed by atoms with Gasteiger partial charge < -0.3 is 4.98 Å². The van der Waals surface area contributed by atoms with Crippen LogP contribution in [0.5, 0.6) is 0 Å². The summed E-state index contributed by atoms with van der Waals surface area (Å²) < 4.78 is 27.8. The quantitative estimate of drug-likeness (QED) is 0.789. The third kappa shape index (κ3) is 2.41. The Morgan fingerprint density at radius 3 is 2.83 bits per heavy atom. The Bertz CT molecular complexity index is 970. The van der Waals surface area contributed by atoms with Gasteiger partial charge in [-0.1, -0.05) is 25.1 Å². The summed E-state index contributed by atoms with van der Waals surface area (Å²) in [6.07, 6.45) is 1.62. The van der Waals surface area contributed by atoms with E-state index in [1.54, 1.807) is 10.4 Å². The Kier molecular flexibility index (Phi) is 3.55. The van der Waals surface area contributed by atoms with E-state index in [1.165, 1.54) is 22.3 Å². The smallest absolute Gasteiger partial charge is 0.252 e. The summed E-state index contributed by atoms with van der Waals surface area (Å²) in [6.45, 7) is 3.00. The Hall–Kier alpha value is -1.63. The van der Waals surface area contributed by atoms with E-state index >= 15 is 0 Å². The molecule has 3 aromatic rings. The number of nitrogens with one attached hydrogen (secondary N) is 1. The zero-order valence-electron chi connectivity index (χ0n) is 12.9. The number of aryl methyl sites for hydroxylation is 1. The number of aromatic amines is 1. The van der Waals surface area contributed by atoms with Crippen molar-refractivity contribution in [2.24, 2.45) is 0 Å². The summed E-state index contributed by atoms with van der Waals surface area (Å²) in [5.74, 6) is 0. The van der Waals surface area contributed by atoms with Crippen molar-refractivity contribution in [2.75, 3.05) is 6.54 Å². The first kappa shape index (κ1) is 14.9. The van der Waals surface area contributed by atoms with Gasteiger partial charge in [0, 0.05) is 28.0 Å². The summed E-state index contributed by atoms with van der Waals surface area (Å²) in [6, 6.07) is 11.8. The molecule has 0 unspecified atom stereocenters. The molecule has 3 heterocycles. The highest BCUT2D eigenvalue weighted by Crippen LogP contribution is 2.32. The van der Waals surface area contributed by atoms with Crippen molar-refractivity contribution in [1.29, 1.82) is 0 Å². The van der Waals surface area contributed by atoms with E-state index in [2.05, 4.69) is 11.1 Å². The van der Waals surface area contributed by atoms with Gasteiger partial charge in [0.1, 0.15) is 4.21 Å². The van der Waals surface area contributed by atoms with E-state index in [4.69, 9.17) is 0 Å². The first-order valence-corrected chi connectivity index (χ1v) is 10.0. The number of H-pyrrole nitrogens is 1. The lowest BCUT2D eigenvalue weighted by Gasteiger charge is -2.25. The summed E-state index contributed by atoms with van der Waals surface area (Å²) in [4.78, 5) is 4.49. The van der Waals surface area contributed by atoms with Crippen LogP contribution in [-0.2, 0) is 29.4 Å². The van der Waals surface area contributed by atoms with Crippen LogP contribution in [0.15, 0.2) is 40.6 Å². The lowest BCUT2D eigenvalue weighted by Crippen LogP contribution is -2.35. The number of sulfonamides is 1. The average Bonchev–Trinajstić information content (AvgIpc) is 3.19. The molecule has 0 radical (unpaired) electrons. The molecule has 4 rings (SSSR count). The van der Waals surface area contributed by atoms with Gasteiger partial charge >= 0.3 is 0 Å². The maximum Gasteiger partial charge on any atom is 0.252 e. The molecule has 1 aromatic carbocycles. The standard InChI is InChI=1S/C17H18N2O2S2/c1-2-12-7-8-17(22-12)23(20,21)19-10-9-14-13-5-3-4-6-15(13)18-16(14)11-19/h3-8,18H,2,9-11H2,1H3. The van der Waals surface area contributed by atoms with Crippen LogP contribution in [0.3, 0.4) is 0 Å². The Morgan fingerprint density at radius 1 is 1.22 bits per heavy atom. The fraction of sp³-hybridized carbons (Fsp3) is 0.294. The molecule has 23 heavy (non-hydrogen) atoms. The monoisotopic (exact) mass is 346 g/mol. The number of para-hydroxylation sites is 1. The van der Waals surface area contributed by atoms with Crippen molar-refractivity contribution in [2.45, 2.75) is 30.5 Å². The maximum absolute atomic E-state index is 12.9. The first-order chi connectivity index (χ1) is 11.1. The predicted octanol–water partition coefficient (Wildman–Crippen LogP) is 3.54. The minimum Gasteiger partial charge on any atom is -0.357 e.